The molecule has 74 heavy (non-hydrogen) atoms. The van der Waals surface area contributed by atoms with Crippen molar-refractivity contribution in [2.45, 2.75) is 147 Å². The lowest BCUT2D eigenvalue weighted by Gasteiger charge is -2.36. The normalized spacial score (nSPS) is 16.8. The van der Waals surface area contributed by atoms with E-state index in [0.717, 1.165) is 36.7 Å². The molecule has 3 aliphatic rings. The predicted octanol–water partition coefficient (Wildman–Crippen LogP) is 9.36. The Balaban J connectivity index is 0.00000127. The molecule has 3 atom stereocenters. The summed E-state index contributed by atoms with van der Waals surface area (Å²) in [5, 5.41) is 22.3. The number of pyridine rings is 1. The van der Waals surface area contributed by atoms with Crippen LogP contribution in [0.3, 0.4) is 0 Å². The monoisotopic (exact) mass is 1170 g/mol. The standard InChI is InChI=1S/C29H33ClFN5O4.C11H23NO2Si.C6H15ClSi.C5H9NO2.3H2S/c1-35(26(37)11-9-20-7-4-8-24(31)28(20)30)23(10-12-27(38)36-15-13-32-14-16-36)19-40-29(39)34-25-17-21-5-2-3-6-22(21)18-33-25;1-11(2,3)15(4,5)14-8-9-6-7-10(13)12-9;1-6(2,3)8(4,5)7;7-3-4-1-2-5(8)6-4;;;/h2-8,17-18,23,32H,9-16,19H2,1H3,(H,33,34,39);9H,6-8H2,1-5H3,(H,12,13);1-5H3;4,7H,1-3H2,(H,6,8);3*1H2/t23-;9-;;4-;;;/m00.0.../s1. The molecule has 0 saturated carbocycles. The van der Waals surface area contributed by atoms with E-state index < -0.39 is 33.7 Å². The van der Waals surface area contributed by atoms with Gasteiger partial charge >= 0.3 is 6.09 Å². The van der Waals surface area contributed by atoms with Crippen LogP contribution >= 0.6 is 63.2 Å². The van der Waals surface area contributed by atoms with Crippen LogP contribution in [0.1, 0.15) is 92.1 Å². The highest BCUT2D eigenvalue weighted by molar-refractivity contribution is 7.59. The average molecular weight is 1170 g/mol. The minimum absolute atomic E-state index is 0. The number of aliphatic hydroxyl groups excluding tert-OH is 1. The van der Waals surface area contributed by atoms with Crippen molar-refractivity contribution in [1.82, 2.24) is 30.7 Å². The van der Waals surface area contributed by atoms with Gasteiger partial charge in [-0.15, -0.1) is 0 Å². The first-order chi connectivity index (χ1) is 33.1. The Morgan fingerprint density at radius 1 is 0.892 bits per heavy atom. The van der Waals surface area contributed by atoms with Crippen molar-refractivity contribution >= 4 is 125 Å². The molecule has 3 aliphatic heterocycles. The number of hydrogen-bond donors (Lipinski definition) is 5. The average Bonchev–Trinajstić information content (AvgIpc) is 3.95. The molecule has 0 bridgehead atoms. The molecule has 5 N–H and O–H groups in total. The maximum absolute atomic E-state index is 13.8. The molecular formula is C51H86Cl2FN7O8S3Si2. The Labute approximate surface area is 472 Å². The van der Waals surface area contributed by atoms with Crippen LogP contribution in [-0.2, 0) is 34.8 Å². The zero-order chi connectivity index (χ0) is 53.2. The highest BCUT2D eigenvalue weighted by Gasteiger charge is 2.38. The molecule has 23 heteroatoms. The van der Waals surface area contributed by atoms with E-state index in [1.807, 2.05) is 24.3 Å². The summed E-state index contributed by atoms with van der Waals surface area (Å²) in [6, 6.07) is 13.6. The lowest BCUT2D eigenvalue weighted by molar-refractivity contribution is -0.135. The summed E-state index contributed by atoms with van der Waals surface area (Å²) in [6.45, 7) is 25.5. The maximum atomic E-state index is 13.8. The van der Waals surface area contributed by atoms with Gasteiger partial charge in [0, 0.05) is 70.5 Å². The number of carbonyl (C=O) groups excluding carboxylic acids is 5. The first kappa shape index (κ1) is 70.9. The van der Waals surface area contributed by atoms with E-state index in [2.05, 4.69) is 94.0 Å². The number of hydrogen-bond acceptors (Lipinski definition) is 10. The summed E-state index contributed by atoms with van der Waals surface area (Å²) in [6.07, 6.45) is 4.74. The number of ether oxygens (including phenoxy) is 1. The Bertz CT molecular complexity index is 2220. The van der Waals surface area contributed by atoms with Gasteiger partial charge in [0.05, 0.1) is 36.4 Å². The van der Waals surface area contributed by atoms with Crippen LogP contribution in [0.25, 0.3) is 10.8 Å². The van der Waals surface area contributed by atoms with Gasteiger partial charge in [-0.25, -0.2) is 14.2 Å². The van der Waals surface area contributed by atoms with E-state index in [0.29, 0.717) is 55.4 Å². The quantitative estimate of drug-likeness (QED) is 0.0768. The van der Waals surface area contributed by atoms with Crippen molar-refractivity contribution in [1.29, 1.82) is 0 Å². The van der Waals surface area contributed by atoms with Crippen LogP contribution in [0, 0.1) is 5.82 Å². The third-order valence-electron chi connectivity index (χ3n) is 13.6. The topological polar surface area (TPSA) is 192 Å². The van der Waals surface area contributed by atoms with Gasteiger partial charge in [-0.3, -0.25) is 24.5 Å². The molecule has 4 heterocycles. The van der Waals surface area contributed by atoms with Gasteiger partial charge in [-0.1, -0.05) is 103 Å². The Morgan fingerprint density at radius 3 is 1.97 bits per heavy atom. The summed E-state index contributed by atoms with van der Waals surface area (Å²) < 4.78 is 25.3. The number of likely N-dealkylation sites (N-methyl/N-ethyl adjacent to an activating group) is 1. The molecular weight excluding hydrogens is 1080 g/mol. The van der Waals surface area contributed by atoms with Gasteiger partial charge in [-0.2, -0.15) is 51.6 Å². The maximum Gasteiger partial charge on any atom is 0.412 e. The van der Waals surface area contributed by atoms with E-state index in [4.69, 9.17) is 36.9 Å². The number of benzene rings is 2. The lowest BCUT2D eigenvalue weighted by Crippen LogP contribution is -2.47. The van der Waals surface area contributed by atoms with E-state index in [-0.39, 0.29) is 119 Å². The molecule has 0 radical (unpaired) electrons. The number of anilines is 1. The van der Waals surface area contributed by atoms with Crippen molar-refractivity contribution in [2.24, 2.45) is 0 Å². The minimum Gasteiger partial charge on any atom is -0.447 e. The molecule has 420 valence electrons. The second-order valence-electron chi connectivity index (χ2n) is 21.3. The molecule has 15 nitrogen and oxygen atoms in total. The molecule has 0 spiro atoms. The second-order valence-corrected chi connectivity index (χ2v) is 33.7. The van der Waals surface area contributed by atoms with Gasteiger partial charge in [0.2, 0.25) is 23.6 Å². The fraction of sp³-hybridized carbons (Fsp3) is 0.608. The SMILES string of the molecule is CC(C)(C)[Si](C)(C)Cl.CC(C)(C)[Si](C)(C)OC[C@@H]1CCC(=O)N1.CN(C(=O)CCc1cccc(F)c1Cl)[C@@H](CCC(=O)N1CCNCC1)COC(=O)Nc1cc2ccccc2cn1.O=C1CC[C@@H](CO)N1.S.S.S. The molecule has 3 saturated heterocycles. The molecule has 0 unspecified atom stereocenters. The fourth-order valence-corrected chi connectivity index (χ4v) is 7.99. The minimum atomic E-state index is -1.65. The second kappa shape index (κ2) is 33.2. The number of aromatic nitrogens is 1. The number of nitrogens with one attached hydrogen (secondary N) is 4. The number of nitrogens with zero attached hydrogens (tertiary/aromatic N) is 3. The number of amides is 5. The first-order valence-electron chi connectivity index (χ1n) is 24.6. The largest absolute Gasteiger partial charge is 0.447 e. The highest BCUT2D eigenvalue weighted by atomic mass is 35.6. The van der Waals surface area contributed by atoms with Crippen molar-refractivity contribution in [3.63, 3.8) is 0 Å². The van der Waals surface area contributed by atoms with Gasteiger partial charge in [0.15, 0.2) is 15.7 Å². The van der Waals surface area contributed by atoms with Gasteiger partial charge in [0.25, 0.3) is 0 Å². The number of halogens is 3. The third kappa shape index (κ3) is 24.5. The van der Waals surface area contributed by atoms with E-state index >= 15 is 0 Å². The number of aryl methyl sites for hydroxylation is 1. The van der Waals surface area contributed by atoms with E-state index in [9.17, 15) is 28.4 Å². The molecule has 3 fully saturated rings. The van der Waals surface area contributed by atoms with Crippen molar-refractivity contribution < 1.29 is 42.6 Å². The van der Waals surface area contributed by atoms with Crippen LogP contribution < -0.4 is 21.3 Å². The number of fused-ring (bicyclic) bond motifs is 1. The summed E-state index contributed by atoms with van der Waals surface area (Å²) in [7, 11) is -1.42. The molecule has 2 aromatic carbocycles. The van der Waals surface area contributed by atoms with Gasteiger partial charge in [-0.05, 0) is 71.9 Å². The van der Waals surface area contributed by atoms with Crippen molar-refractivity contribution in [3.05, 3.63) is 71.1 Å². The smallest absolute Gasteiger partial charge is 0.412 e. The molecule has 0 aliphatic carbocycles. The van der Waals surface area contributed by atoms with E-state index in [1.165, 1.54) is 11.0 Å². The first-order valence-corrected chi connectivity index (χ1v) is 31.9. The molecule has 1 aromatic heterocycles. The van der Waals surface area contributed by atoms with Crippen LogP contribution in [0.4, 0.5) is 15.0 Å². The van der Waals surface area contributed by atoms with E-state index in [1.54, 1.807) is 36.3 Å². The van der Waals surface area contributed by atoms with Crippen LogP contribution in [0.2, 0.25) is 41.3 Å². The zero-order valence-corrected chi connectivity index (χ0v) is 51.8. The summed E-state index contributed by atoms with van der Waals surface area (Å²) in [5.41, 5.74) is 0.535. The van der Waals surface area contributed by atoms with Crippen molar-refractivity contribution in [3.8, 4) is 0 Å². The van der Waals surface area contributed by atoms with Crippen LogP contribution in [0.5, 0.6) is 0 Å². The molecule has 3 aromatic rings. The Hall–Kier alpha value is -3.13. The Kier molecular flexibility index (Phi) is 31.8. The third-order valence-corrected chi connectivity index (χ3v) is 23.8. The summed E-state index contributed by atoms with van der Waals surface area (Å²) in [5.74, 6) is -0.220. The van der Waals surface area contributed by atoms with Crippen LogP contribution in [0.15, 0.2) is 54.7 Å². The van der Waals surface area contributed by atoms with Crippen LogP contribution in [-0.4, -0.2) is 136 Å². The lowest BCUT2D eigenvalue weighted by atomic mass is 10.1. The Morgan fingerprint density at radius 2 is 1.46 bits per heavy atom. The molecule has 6 rings (SSSR count). The highest BCUT2D eigenvalue weighted by Crippen LogP contribution is 2.38. The fourth-order valence-electron chi connectivity index (χ4n) is 6.72. The van der Waals surface area contributed by atoms with Gasteiger partial charge < -0.3 is 40.0 Å². The number of piperazine rings is 1. The molecule has 5 amide bonds. The number of aliphatic hydroxyl groups is 1. The number of carbonyl (C=O) groups is 5. The van der Waals surface area contributed by atoms with Crippen molar-refractivity contribution in [2.75, 3.05) is 58.4 Å². The number of rotatable bonds is 14. The summed E-state index contributed by atoms with van der Waals surface area (Å²) >= 11 is 12.2. The predicted molar refractivity (Wildman–Crippen MR) is 318 cm³/mol. The van der Waals surface area contributed by atoms with Gasteiger partial charge in [0.1, 0.15) is 18.2 Å². The summed E-state index contributed by atoms with van der Waals surface area (Å²) in [4.78, 5) is 67.4. The zero-order valence-electron chi connectivity index (χ0n) is 45.3.